The van der Waals surface area contributed by atoms with Gasteiger partial charge in [0.25, 0.3) is 5.91 Å². The van der Waals surface area contributed by atoms with Crippen molar-refractivity contribution in [1.82, 2.24) is 10.2 Å². The minimum atomic E-state index is -0.0833. The highest BCUT2D eigenvalue weighted by Gasteiger charge is 2.22. The first-order valence-corrected chi connectivity index (χ1v) is 9.26. The summed E-state index contributed by atoms with van der Waals surface area (Å²) in [6.45, 7) is 5.87. The number of fused-ring (bicyclic) bond motifs is 1. The normalized spacial score (nSPS) is 13.3. The molecule has 2 aromatic rings. The van der Waals surface area contributed by atoms with Crippen molar-refractivity contribution < 1.29 is 14.3 Å². The summed E-state index contributed by atoms with van der Waals surface area (Å²) in [5.41, 5.74) is 2.05. The molecule has 0 saturated carbocycles. The molecule has 0 saturated heterocycles. The molecule has 1 aliphatic rings. The average Bonchev–Trinajstić information content (AvgIpc) is 3.04. The van der Waals surface area contributed by atoms with Crippen LogP contribution >= 0.6 is 11.3 Å². The van der Waals surface area contributed by atoms with Gasteiger partial charge >= 0.3 is 0 Å². The van der Waals surface area contributed by atoms with E-state index in [4.69, 9.17) is 4.74 Å². The van der Waals surface area contributed by atoms with Gasteiger partial charge in [0.1, 0.15) is 5.75 Å². The molecule has 25 heavy (non-hydrogen) atoms. The molecule has 2 amide bonds. The number of hydrogen-bond donors (Lipinski definition) is 1. The summed E-state index contributed by atoms with van der Waals surface area (Å²) in [6.07, 6.45) is 0.819. The Morgan fingerprint density at radius 3 is 2.88 bits per heavy atom. The first kappa shape index (κ1) is 17.5. The molecule has 6 heteroatoms. The number of amides is 2. The molecule has 0 radical (unpaired) electrons. The molecule has 5 nitrogen and oxygen atoms in total. The van der Waals surface area contributed by atoms with Crippen LogP contribution in [0, 0.1) is 0 Å². The first-order chi connectivity index (χ1) is 12.1. The number of rotatable bonds is 5. The fraction of sp³-hybridized carbons (Fsp3) is 0.368. The largest absolute Gasteiger partial charge is 0.494 e. The summed E-state index contributed by atoms with van der Waals surface area (Å²) in [5, 5.41) is 2.97. The van der Waals surface area contributed by atoms with Crippen LogP contribution in [0.5, 0.6) is 5.75 Å². The zero-order chi connectivity index (χ0) is 17.8. The third-order valence-corrected chi connectivity index (χ3v) is 5.48. The molecular formula is C19H22N2O3S. The maximum atomic E-state index is 12.5. The van der Waals surface area contributed by atoms with Gasteiger partial charge in [0, 0.05) is 37.0 Å². The minimum absolute atomic E-state index is 0.0791. The van der Waals surface area contributed by atoms with Crippen LogP contribution in [0.4, 0.5) is 0 Å². The molecule has 132 valence electrons. The van der Waals surface area contributed by atoms with Gasteiger partial charge in [-0.15, -0.1) is 11.3 Å². The summed E-state index contributed by atoms with van der Waals surface area (Å²) in [5.74, 6) is 0.795. The maximum Gasteiger partial charge on any atom is 0.261 e. The summed E-state index contributed by atoms with van der Waals surface area (Å²) < 4.78 is 5.59. The van der Waals surface area contributed by atoms with E-state index in [1.807, 2.05) is 42.2 Å². The molecule has 0 aliphatic carbocycles. The fourth-order valence-electron chi connectivity index (χ4n) is 2.92. The molecule has 1 N–H and O–H groups in total. The summed E-state index contributed by atoms with van der Waals surface area (Å²) in [7, 11) is 0. The number of ether oxygens (including phenoxy) is 1. The van der Waals surface area contributed by atoms with Crippen LogP contribution in [0.25, 0.3) is 0 Å². The molecule has 1 aromatic heterocycles. The molecular weight excluding hydrogens is 336 g/mol. The van der Waals surface area contributed by atoms with Crippen molar-refractivity contribution in [3.63, 3.8) is 0 Å². The average molecular weight is 358 g/mol. The standard InChI is InChI=1S/C19H22N2O3S/c1-3-24-16-7-5-4-6-14(16)11-20-19(23)18-10-15-12-21(13(2)22)9-8-17(15)25-18/h4-7,10H,3,8-9,11-12H2,1-2H3,(H,20,23). The van der Waals surface area contributed by atoms with Crippen LogP contribution in [0.2, 0.25) is 0 Å². The first-order valence-electron chi connectivity index (χ1n) is 8.44. The topological polar surface area (TPSA) is 58.6 Å². The van der Waals surface area contributed by atoms with Gasteiger partial charge in [-0.05, 0) is 31.0 Å². The number of thiophene rings is 1. The molecule has 1 aromatic carbocycles. The van der Waals surface area contributed by atoms with E-state index >= 15 is 0 Å². The predicted octanol–water partition coefficient (Wildman–Crippen LogP) is 2.98. The van der Waals surface area contributed by atoms with Gasteiger partial charge in [0.15, 0.2) is 0 Å². The predicted molar refractivity (Wildman–Crippen MR) is 97.9 cm³/mol. The second kappa shape index (κ2) is 7.70. The van der Waals surface area contributed by atoms with Crippen LogP contribution in [-0.4, -0.2) is 29.9 Å². The zero-order valence-corrected chi connectivity index (χ0v) is 15.3. The Kier molecular flexibility index (Phi) is 5.38. The fourth-order valence-corrected chi connectivity index (χ4v) is 4.00. The Morgan fingerprint density at radius 2 is 2.12 bits per heavy atom. The monoisotopic (exact) mass is 358 g/mol. The second-order valence-corrected chi connectivity index (χ2v) is 7.11. The van der Waals surface area contributed by atoms with Crippen LogP contribution in [-0.2, 0) is 24.3 Å². The van der Waals surface area contributed by atoms with E-state index in [1.54, 1.807) is 6.92 Å². The van der Waals surface area contributed by atoms with Gasteiger partial charge < -0.3 is 15.0 Å². The van der Waals surface area contributed by atoms with Crippen molar-refractivity contribution in [2.24, 2.45) is 0 Å². The quantitative estimate of drug-likeness (QED) is 0.894. The van der Waals surface area contributed by atoms with Crippen molar-refractivity contribution in [3.05, 3.63) is 51.2 Å². The van der Waals surface area contributed by atoms with Gasteiger partial charge in [-0.2, -0.15) is 0 Å². The van der Waals surface area contributed by atoms with Crippen LogP contribution in [0.15, 0.2) is 30.3 Å². The number of para-hydroxylation sites is 1. The Balaban J connectivity index is 1.66. The Labute approximate surface area is 151 Å². The van der Waals surface area contributed by atoms with Crippen LogP contribution in [0.1, 0.15) is 39.5 Å². The molecule has 2 heterocycles. The van der Waals surface area contributed by atoms with E-state index in [1.165, 1.54) is 16.2 Å². The van der Waals surface area contributed by atoms with Crippen molar-refractivity contribution >= 4 is 23.2 Å². The third-order valence-electron chi connectivity index (χ3n) is 4.25. The highest BCUT2D eigenvalue weighted by Crippen LogP contribution is 2.28. The van der Waals surface area contributed by atoms with Gasteiger partial charge in [-0.1, -0.05) is 18.2 Å². The van der Waals surface area contributed by atoms with E-state index in [0.717, 1.165) is 29.8 Å². The van der Waals surface area contributed by atoms with E-state index in [0.29, 0.717) is 24.6 Å². The number of hydrogen-bond acceptors (Lipinski definition) is 4. The summed E-state index contributed by atoms with van der Waals surface area (Å²) in [4.78, 5) is 27.7. The summed E-state index contributed by atoms with van der Waals surface area (Å²) in [6, 6.07) is 9.63. The van der Waals surface area contributed by atoms with Crippen molar-refractivity contribution in [1.29, 1.82) is 0 Å². The number of nitrogens with zero attached hydrogens (tertiary/aromatic N) is 1. The Hall–Kier alpha value is -2.34. The van der Waals surface area contributed by atoms with Crippen molar-refractivity contribution in [2.75, 3.05) is 13.2 Å². The van der Waals surface area contributed by atoms with E-state index in [2.05, 4.69) is 5.32 Å². The molecule has 0 atom stereocenters. The smallest absolute Gasteiger partial charge is 0.261 e. The number of nitrogens with one attached hydrogen (secondary N) is 1. The zero-order valence-electron chi connectivity index (χ0n) is 14.5. The van der Waals surface area contributed by atoms with Crippen molar-refractivity contribution in [2.45, 2.75) is 33.4 Å². The van der Waals surface area contributed by atoms with E-state index in [9.17, 15) is 9.59 Å². The molecule has 0 unspecified atom stereocenters. The van der Waals surface area contributed by atoms with Crippen molar-refractivity contribution in [3.8, 4) is 5.75 Å². The van der Waals surface area contributed by atoms with Gasteiger partial charge in [0.05, 0.1) is 11.5 Å². The highest BCUT2D eigenvalue weighted by molar-refractivity contribution is 7.14. The maximum absolute atomic E-state index is 12.5. The van der Waals surface area contributed by atoms with Gasteiger partial charge in [-0.3, -0.25) is 9.59 Å². The minimum Gasteiger partial charge on any atom is -0.494 e. The lowest BCUT2D eigenvalue weighted by Gasteiger charge is -2.25. The second-order valence-electron chi connectivity index (χ2n) is 5.97. The molecule has 0 fully saturated rings. The molecule has 0 bridgehead atoms. The SMILES string of the molecule is CCOc1ccccc1CNC(=O)c1cc2c(s1)CCN(C(C)=O)C2. The molecule has 0 spiro atoms. The van der Waals surface area contributed by atoms with E-state index < -0.39 is 0 Å². The number of benzene rings is 1. The lowest BCUT2D eigenvalue weighted by molar-refractivity contribution is -0.129. The van der Waals surface area contributed by atoms with E-state index in [-0.39, 0.29) is 11.8 Å². The third kappa shape index (κ3) is 4.02. The number of carbonyl (C=O) groups is 2. The lowest BCUT2D eigenvalue weighted by atomic mass is 10.1. The Morgan fingerprint density at radius 1 is 1.32 bits per heavy atom. The Bertz CT molecular complexity index is 785. The lowest BCUT2D eigenvalue weighted by Crippen LogP contribution is -2.33. The summed E-state index contributed by atoms with van der Waals surface area (Å²) >= 11 is 1.53. The van der Waals surface area contributed by atoms with Crippen LogP contribution < -0.4 is 10.1 Å². The molecule has 1 aliphatic heterocycles. The highest BCUT2D eigenvalue weighted by atomic mass is 32.1. The van der Waals surface area contributed by atoms with Gasteiger partial charge in [0.2, 0.25) is 5.91 Å². The number of carbonyl (C=O) groups excluding carboxylic acids is 2. The molecule has 3 rings (SSSR count). The van der Waals surface area contributed by atoms with Crippen LogP contribution in [0.3, 0.4) is 0 Å². The van der Waals surface area contributed by atoms with Gasteiger partial charge in [-0.25, -0.2) is 0 Å².